The number of rotatable bonds is 7. The molecule has 21 heavy (non-hydrogen) atoms. The first-order valence-corrected chi connectivity index (χ1v) is 9.74. The van der Waals surface area contributed by atoms with Crippen molar-refractivity contribution in [1.82, 2.24) is 0 Å². The largest absolute Gasteiger partial charge is 0.493 e. The van der Waals surface area contributed by atoms with Crippen LogP contribution in [0.5, 0.6) is 5.75 Å². The summed E-state index contributed by atoms with van der Waals surface area (Å²) >= 11 is 0. The third-order valence-electron chi connectivity index (χ3n) is 3.33. The fraction of sp³-hybridized carbons (Fsp3) is 0.625. The molecule has 120 valence electrons. The van der Waals surface area contributed by atoms with Gasteiger partial charge >= 0.3 is 0 Å². The van der Waals surface area contributed by atoms with Gasteiger partial charge in [0.05, 0.1) is 12.4 Å². The standard InChI is InChI=1S/C16H25ClO3S/c1-13-12-14(16(2,3)4)8-9-15(13)20-10-6-5-7-11-21(17,18)19/h8-9,12H,5-7,10-11H2,1-4H3. The van der Waals surface area contributed by atoms with Gasteiger partial charge in [-0.3, -0.25) is 0 Å². The van der Waals surface area contributed by atoms with Crippen molar-refractivity contribution in [2.75, 3.05) is 12.4 Å². The molecule has 0 unspecified atom stereocenters. The molecule has 0 N–H and O–H groups in total. The predicted molar refractivity (Wildman–Crippen MR) is 88.9 cm³/mol. The monoisotopic (exact) mass is 332 g/mol. The highest BCUT2D eigenvalue weighted by Crippen LogP contribution is 2.27. The predicted octanol–water partition coefficient (Wildman–Crippen LogP) is 4.41. The van der Waals surface area contributed by atoms with Crippen molar-refractivity contribution in [3.05, 3.63) is 29.3 Å². The lowest BCUT2D eigenvalue weighted by atomic mass is 9.86. The average Bonchev–Trinajstić information content (AvgIpc) is 2.32. The minimum absolute atomic E-state index is 0.0356. The lowest BCUT2D eigenvalue weighted by molar-refractivity contribution is 0.304. The van der Waals surface area contributed by atoms with Crippen LogP contribution in [0.3, 0.4) is 0 Å². The van der Waals surface area contributed by atoms with E-state index < -0.39 is 9.05 Å². The van der Waals surface area contributed by atoms with Gasteiger partial charge < -0.3 is 4.74 Å². The Bertz CT molecular complexity index is 559. The van der Waals surface area contributed by atoms with Crippen LogP contribution >= 0.6 is 10.7 Å². The van der Waals surface area contributed by atoms with E-state index in [9.17, 15) is 8.42 Å². The van der Waals surface area contributed by atoms with Crippen molar-refractivity contribution in [3.63, 3.8) is 0 Å². The normalized spacial score (nSPS) is 12.4. The minimum Gasteiger partial charge on any atom is -0.493 e. The molecule has 0 aromatic heterocycles. The van der Waals surface area contributed by atoms with E-state index in [1.54, 1.807) is 0 Å². The summed E-state index contributed by atoms with van der Waals surface area (Å²) in [7, 11) is 1.80. The molecular weight excluding hydrogens is 308 g/mol. The second-order valence-corrected chi connectivity index (χ2v) is 9.28. The molecule has 0 saturated carbocycles. The highest BCUT2D eigenvalue weighted by molar-refractivity contribution is 8.13. The summed E-state index contributed by atoms with van der Waals surface area (Å²) in [6.45, 7) is 9.20. The molecule has 3 nitrogen and oxygen atoms in total. The molecule has 1 aromatic carbocycles. The lowest BCUT2D eigenvalue weighted by Gasteiger charge is -2.20. The van der Waals surface area contributed by atoms with Crippen molar-refractivity contribution in [2.24, 2.45) is 0 Å². The molecule has 0 spiro atoms. The number of aryl methyl sites for hydroxylation is 1. The van der Waals surface area contributed by atoms with E-state index in [-0.39, 0.29) is 11.2 Å². The van der Waals surface area contributed by atoms with Gasteiger partial charge in [-0.15, -0.1) is 0 Å². The molecule has 0 atom stereocenters. The number of hydrogen-bond acceptors (Lipinski definition) is 3. The summed E-state index contributed by atoms with van der Waals surface area (Å²) in [5.74, 6) is 0.932. The number of unbranched alkanes of at least 4 members (excludes halogenated alkanes) is 2. The topological polar surface area (TPSA) is 43.4 Å². The van der Waals surface area contributed by atoms with Gasteiger partial charge in [0.2, 0.25) is 9.05 Å². The molecule has 0 aliphatic rings. The summed E-state index contributed by atoms with van der Waals surface area (Å²) < 4.78 is 27.3. The molecular formula is C16H25ClO3S. The van der Waals surface area contributed by atoms with Crippen LogP contribution in [0.1, 0.15) is 51.2 Å². The fourth-order valence-electron chi connectivity index (χ4n) is 2.01. The van der Waals surface area contributed by atoms with Crippen LogP contribution < -0.4 is 4.74 Å². The Morgan fingerprint density at radius 3 is 2.33 bits per heavy atom. The van der Waals surface area contributed by atoms with Crippen molar-refractivity contribution in [2.45, 2.75) is 52.4 Å². The lowest BCUT2D eigenvalue weighted by Crippen LogP contribution is -2.11. The fourth-order valence-corrected chi connectivity index (χ4v) is 2.89. The first-order chi connectivity index (χ1) is 9.59. The van der Waals surface area contributed by atoms with Gasteiger partial charge in [0, 0.05) is 10.7 Å². The molecule has 0 bridgehead atoms. The second-order valence-electron chi connectivity index (χ2n) is 6.38. The smallest absolute Gasteiger partial charge is 0.232 e. The van der Waals surface area contributed by atoms with Gasteiger partial charge in [-0.25, -0.2) is 8.42 Å². The SMILES string of the molecule is Cc1cc(C(C)(C)C)ccc1OCCCCCS(=O)(=O)Cl. The van der Waals surface area contributed by atoms with Crippen LogP contribution in [0, 0.1) is 6.92 Å². The molecule has 0 heterocycles. The third-order valence-corrected chi connectivity index (χ3v) is 4.57. The summed E-state index contributed by atoms with van der Waals surface area (Å²) in [6, 6.07) is 6.27. The van der Waals surface area contributed by atoms with Gasteiger partial charge in [0.1, 0.15) is 5.75 Å². The number of halogens is 1. The van der Waals surface area contributed by atoms with Crippen molar-refractivity contribution < 1.29 is 13.2 Å². The number of benzene rings is 1. The molecule has 0 aliphatic carbocycles. The van der Waals surface area contributed by atoms with Crippen LogP contribution in [0.25, 0.3) is 0 Å². The van der Waals surface area contributed by atoms with Gasteiger partial charge in [0.25, 0.3) is 0 Å². The molecule has 0 radical (unpaired) electrons. The van der Waals surface area contributed by atoms with E-state index in [1.807, 2.05) is 13.0 Å². The first kappa shape index (κ1) is 18.3. The van der Waals surface area contributed by atoms with Gasteiger partial charge in [-0.1, -0.05) is 32.9 Å². The van der Waals surface area contributed by atoms with E-state index in [0.717, 1.165) is 24.2 Å². The Labute approximate surface area is 133 Å². The molecule has 0 saturated heterocycles. The molecule has 5 heteroatoms. The molecule has 0 aliphatic heterocycles. The van der Waals surface area contributed by atoms with E-state index in [2.05, 4.69) is 32.9 Å². The Hall–Kier alpha value is -0.740. The van der Waals surface area contributed by atoms with E-state index in [4.69, 9.17) is 15.4 Å². The molecule has 0 amide bonds. The Kier molecular flexibility index (Phi) is 6.54. The van der Waals surface area contributed by atoms with Gasteiger partial charge in [-0.2, -0.15) is 0 Å². The average molecular weight is 333 g/mol. The second kappa shape index (κ2) is 7.50. The molecule has 1 rings (SSSR count). The summed E-state index contributed by atoms with van der Waals surface area (Å²) in [5.41, 5.74) is 2.56. The van der Waals surface area contributed by atoms with Crippen molar-refractivity contribution in [1.29, 1.82) is 0 Å². The Morgan fingerprint density at radius 2 is 1.81 bits per heavy atom. The van der Waals surface area contributed by atoms with E-state index in [1.165, 1.54) is 5.56 Å². The van der Waals surface area contributed by atoms with E-state index in [0.29, 0.717) is 13.0 Å². The van der Waals surface area contributed by atoms with Crippen LogP contribution in [0.2, 0.25) is 0 Å². The third kappa shape index (κ3) is 7.18. The zero-order valence-electron chi connectivity index (χ0n) is 13.3. The highest BCUT2D eigenvalue weighted by Gasteiger charge is 2.14. The minimum atomic E-state index is -3.36. The number of hydrogen-bond donors (Lipinski definition) is 0. The van der Waals surface area contributed by atoms with Crippen molar-refractivity contribution in [3.8, 4) is 5.75 Å². The Morgan fingerprint density at radius 1 is 1.14 bits per heavy atom. The van der Waals surface area contributed by atoms with Crippen LogP contribution in [-0.4, -0.2) is 20.8 Å². The summed E-state index contributed by atoms with van der Waals surface area (Å²) in [5, 5.41) is 0. The molecule has 0 fully saturated rings. The quantitative estimate of drug-likeness (QED) is 0.548. The van der Waals surface area contributed by atoms with Crippen LogP contribution in [0.15, 0.2) is 18.2 Å². The maximum Gasteiger partial charge on any atom is 0.232 e. The zero-order valence-corrected chi connectivity index (χ0v) is 14.9. The van der Waals surface area contributed by atoms with E-state index >= 15 is 0 Å². The number of ether oxygens (including phenoxy) is 1. The molecule has 1 aromatic rings. The Balaban J connectivity index is 2.40. The van der Waals surface area contributed by atoms with Crippen LogP contribution in [-0.2, 0) is 14.5 Å². The van der Waals surface area contributed by atoms with Crippen LogP contribution in [0.4, 0.5) is 0 Å². The highest BCUT2D eigenvalue weighted by atomic mass is 35.7. The maximum absolute atomic E-state index is 10.8. The summed E-state index contributed by atoms with van der Waals surface area (Å²) in [6.07, 6.45) is 2.20. The zero-order chi connectivity index (χ0) is 16.1. The maximum atomic E-state index is 10.8. The van der Waals surface area contributed by atoms with Crippen molar-refractivity contribution >= 4 is 19.7 Å². The van der Waals surface area contributed by atoms with Gasteiger partial charge in [0.15, 0.2) is 0 Å². The first-order valence-electron chi connectivity index (χ1n) is 7.26. The van der Waals surface area contributed by atoms with Gasteiger partial charge in [-0.05, 0) is 48.8 Å². The summed E-state index contributed by atoms with van der Waals surface area (Å²) in [4.78, 5) is 0.